The summed E-state index contributed by atoms with van der Waals surface area (Å²) in [7, 11) is 0. The van der Waals surface area contributed by atoms with E-state index in [0.717, 1.165) is 19.4 Å². The molecule has 0 unspecified atom stereocenters. The minimum absolute atomic E-state index is 0.207. The van der Waals surface area contributed by atoms with E-state index in [1.54, 1.807) is 19.1 Å². The number of aromatic nitrogens is 2. The minimum Gasteiger partial charge on any atom is -0.461 e. The fourth-order valence-corrected chi connectivity index (χ4v) is 1.97. The van der Waals surface area contributed by atoms with Crippen LogP contribution < -0.4 is 4.90 Å². The maximum absolute atomic E-state index is 11.4. The van der Waals surface area contributed by atoms with Crippen molar-refractivity contribution in [3.05, 3.63) is 17.8 Å². The molecule has 0 amide bonds. The van der Waals surface area contributed by atoms with Crippen molar-refractivity contribution in [2.75, 3.05) is 24.6 Å². The topological polar surface area (TPSA) is 75.5 Å². The van der Waals surface area contributed by atoms with Gasteiger partial charge < -0.3 is 14.7 Å². The average Bonchev–Trinajstić information content (AvgIpc) is 2.39. The molecule has 2 heterocycles. The van der Waals surface area contributed by atoms with Crippen LogP contribution in [0.1, 0.15) is 30.3 Å². The standard InChI is InChI=1S/C12H17N3O3/c1-2-18-12(17)10-5-6-11(14-13-10)15-7-3-4-9(16)8-15/h5-6,9,16H,2-4,7-8H2,1H3/t9-/m0/s1. The van der Waals surface area contributed by atoms with Gasteiger partial charge in [0.05, 0.1) is 12.7 Å². The monoisotopic (exact) mass is 251 g/mol. The summed E-state index contributed by atoms with van der Waals surface area (Å²) in [4.78, 5) is 13.4. The number of rotatable bonds is 3. The van der Waals surface area contributed by atoms with E-state index >= 15 is 0 Å². The number of nitrogens with zero attached hydrogens (tertiary/aromatic N) is 3. The number of ether oxygens (including phenoxy) is 1. The largest absolute Gasteiger partial charge is 0.461 e. The van der Waals surface area contributed by atoms with Gasteiger partial charge in [0, 0.05) is 13.1 Å². The van der Waals surface area contributed by atoms with Crippen LogP contribution in [-0.2, 0) is 4.74 Å². The number of esters is 1. The maximum Gasteiger partial charge on any atom is 0.358 e. The highest BCUT2D eigenvalue weighted by Crippen LogP contribution is 2.17. The highest BCUT2D eigenvalue weighted by atomic mass is 16.5. The Morgan fingerprint density at radius 3 is 3.00 bits per heavy atom. The lowest BCUT2D eigenvalue weighted by molar-refractivity contribution is 0.0518. The molecule has 1 saturated heterocycles. The molecule has 98 valence electrons. The van der Waals surface area contributed by atoms with Gasteiger partial charge in [-0.3, -0.25) is 0 Å². The van der Waals surface area contributed by atoms with Crippen LogP contribution in [0.5, 0.6) is 0 Å². The summed E-state index contributed by atoms with van der Waals surface area (Å²) in [6.07, 6.45) is 1.44. The Morgan fingerprint density at radius 1 is 1.56 bits per heavy atom. The third-order valence-electron chi connectivity index (χ3n) is 2.86. The summed E-state index contributed by atoms with van der Waals surface area (Å²) in [6, 6.07) is 3.33. The molecule has 18 heavy (non-hydrogen) atoms. The molecule has 1 aliphatic heterocycles. The lowest BCUT2D eigenvalue weighted by atomic mass is 10.1. The van der Waals surface area contributed by atoms with Gasteiger partial charge >= 0.3 is 5.97 Å². The number of carbonyl (C=O) groups excluding carboxylic acids is 1. The highest BCUT2D eigenvalue weighted by molar-refractivity contribution is 5.87. The van der Waals surface area contributed by atoms with Gasteiger partial charge in [-0.15, -0.1) is 10.2 Å². The van der Waals surface area contributed by atoms with Gasteiger partial charge in [0.1, 0.15) is 0 Å². The fourth-order valence-electron chi connectivity index (χ4n) is 1.97. The first kappa shape index (κ1) is 12.8. The zero-order valence-electron chi connectivity index (χ0n) is 10.4. The van der Waals surface area contributed by atoms with Gasteiger partial charge in [-0.1, -0.05) is 0 Å². The van der Waals surface area contributed by atoms with E-state index in [4.69, 9.17) is 4.74 Å². The number of aliphatic hydroxyl groups is 1. The summed E-state index contributed by atoms with van der Waals surface area (Å²) in [5.41, 5.74) is 0.207. The van der Waals surface area contributed by atoms with E-state index in [1.807, 2.05) is 4.90 Å². The second-order valence-corrected chi connectivity index (χ2v) is 4.24. The Hall–Kier alpha value is -1.69. The second-order valence-electron chi connectivity index (χ2n) is 4.24. The smallest absolute Gasteiger partial charge is 0.358 e. The van der Waals surface area contributed by atoms with Crippen molar-refractivity contribution < 1.29 is 14.6 Å². The molecular formula is C12H17N3O3. The van der Waals surface area contributed by atoms with Gasteiger partial charge in [0.2, 0.25) is 0 Å². The lowest BCUT2D eigenvalue weighted by Gasteiger charge is -2.30. The van der Waals surface area contributed by atoms with Crippen molar-refractivity contribution in [3.63, 3.8) is 0 Å². The Balaban J connectivity index is 2.05. The summed E-state index contributed by atoms with van der Waals surface area (Å²) in [5, 5.41) is 17.4. The SMILES string of the molecule is CCOC(=O)c1ccc(N2CCC[C@H](O)C2)nn1. The molecule has 0 aliphatic carbocycles. The predicted molar refractivity (Wildman–Crippen MR) is 65.4 cm³/mol. The van der Waals surface area contributed by atoms with Crippen LogP contribution in [0.2, 0.25) is 0 Å². The normalized spacial score (nSPS) is 19.7. The van der Waals surface area contributed by atoms with Crippen LogP contribution in [0.3, 0.4) is 0 Å². The van der Waals surface area contributed by atoms with Crippen molar-refractivity contribution >= 4 is 11.8 Å². The lowest BCUT2D eigenvalue weighted by Crippen LogP contribution is -2.38. The Kier molecular flexibility index (Phi) is 4.09. The molecule has 0 radical (unpaired) electrons. The van der Waals surface area contributed by atoms with Crippen LogP contribution in [0.25, 0.3) is 0 Å². The van der Waals surface area contributed by atoms with E-state index in [0.29, 0.717) is 19.0 Å². The number of anilines is 1. The third kappa shape index (κ3) is 2.95. The number of carbonyl (C=O) groups is 1. The van der Waals surface area contributed by atoms with Crippen molar-refractivity contribution in [3.8, 4) is 0 Å². The fraction of sp³-hybridized carbons (Fsp3) is 0.583. The molecule has 1 N–H and O–H groups in total. The summed E-state index contributed by atoms with van der Waals surface area (Å²) in [6.45, 7) is 3.48. The van der Waals surface area contributed by atoms with Crippen molar-refractivity contribution in [1.82, 2.24) is 10.2 Å². The molecular weight excluding hydrogens is 234 g/mol. The molecule has 1 fully saturated rings. The summed E-state index contributed by atoms with van der Waals surface area (Å²) >= 11 is 0. The van der Waals surface area contributed by atoms with Crippen molar-refractivity contribution in [2.24, 2.45) is 0 Å². The number of hydrogen-bond acceptors (Lipinski definition) is 6. The number of aliphatic hydroxyl groups excluding tert-OH is 1. The van der Waals surface area contributed by atoms with Gasteiger partial charge in [-0.25, -0.2) is 4.79 Å². The molecule has 1 aliphatic rings. The van der Waals surface area contributed by atoms with E-state index in [9.17, 15) is 9.90 Å². The third-order valence-corrected chi connectivity index (χ3v) is 2.86. The summed E-state index contributed by atoms with van der Waals surface area (Å²) < 4.78 is 4.84. The van der Waals surface area contributed by atoms with Gasteiger partial charge in [-0.05, 0) is 31.9 Å². The van der Waals surface area contributed by atoms with Crippen LogP contribution in [-0.4, -0.2) is 47.1 Å². The van der Waals surface area contributed by atoms with Crippen LogP contribution in [0.4, 0.5) is 5.82 Å². The zero-order valence-corrected chi connectivity index (χ0v) is 10.4. The van der Waals surface area contributed by atoms with Crippen LogP contribution >= 0.6 is 0 Å². The summed E-state index contributed by atoms with van der Waals surface area (Å²) in [5.74, 6) is 0.219. The molecule has 6 nitrogen and oxygen atoms in total. The van der Waals surface area contributed by atoms with E-state index < -0.39 is 5.97 Å². The van der Waals surface area contributed by atoms with E-state index in [2.05, 4.69) is 10.2 Å². The molecule has 0 bridgehead atoms. The van der Waals surface area contributed by atoms with Crippen molar-refractivity contribution in [2.45, 2.75) is 25.9 Å². The Morgan fingerprint density at radius 2 is 2.39 bits per heavy atom. The van der Waals surface area contributed by atoms with Crippen molar-refractivity contribution in [1.29, 1.82) is 0 Å². The first-order valence-electron chi connectivity index (χ1n) is 6.14. The predicted octanol–water partition coefficient (Wildman–Crippen LogP) is 0.614. The molecule has 0 spiro atoms. The average molecular weight is 251 g/mol. The van der Waals surface area contributed by atoms with E-state index in [-0.39, 0.29) is 11.8 Å². The highest BCUT2D eigenvalue weighted by Gasteiger charge is 2.19. The minimum atomic E-state index is -0.463. The van der Waals surface area contributed by atoms with Crippen LogP contribution in [0.15, 0.2) is 12.1 Å². The number of piperidine rings is 1. The van der Waals surface area contributed by atoms with E-state index in [1.165, 1.54) is 0 Å². The second kappa shape index (κ2) is 5.77. The molecule has 1 atom stereocenters. The van der Waals surface area contributed by atoms with Gasteiger partial charge in [0.15, 0.2) is 11.5 Å². The molecule has 0 saturated carbocycles. The quantitative estimate of drug-likeness (QED) is 0.793. The first-order valence-corrected chi connectivity index (χ1v) is 6.14. The molecule has 1 aromatic rings. The molecule has 2 rings (SSSR count). The van der Waals surface area contributed by atoms with Gasteiger partial charge in [0.25, 0.3) is 0 Å². The Bertz CT molecular complexity index is 408. The maximum atomic E-state index is 11.4. The first-order chi connectivity index (χ1) is 8.70. The number of hydrogen-bond donors (Lipinski definition) is 1. The van der Waals surface area contributed by atoms with Gasteiger partial charge in [-0.2, -0.15) is 0 Å². The number of β-amino-alcohol motifs (C(OH)–C–C–N with tert-alkyl or cyclic N) is 1. The Labute approximate surface area is 106 Å². The zero-order chi connectivity index (χ0) is 13.0. The molecule has 0 aromatic carbocycles. The molecule has 1 aromatic heterocycles. The van der Waals surface area contributed by atoms with Crippen LogP contribution in [0, 0.1) is 0 Å². The molecule has 6 heteroatoms.